The molecule has 16 heavy (non-hydrogen) atoms. The van der Waals surface area contributed by atoms with E-state index in [1.165, 1.54) is 23.0 Å². The standard InChI is InChI=1S/C13H16N2O/c1-3-16-10-14-9-15-7-12-6-4-5-11(2)13(12)8-15/h3-6,9H,1,7-8,10H2,2H3. The number of aryl methyl sites for hydroxylation is 1. The summed E-state index contributed by atoms with van der Waals surface area (Å²) >= 11 is 0. The Morgan fingerprint density at radius 3 is 3.12 bits per heavy atom. The minimum atomic E-state index is 0.343. The highest BCUT2D eigenvalue weighted by Gasteiger charge is 2.17. The molecule has 84 valence electrons. The van der Waals surface area contributed by atoms with E-state index in [1.807, 2.05) is 6.34 Å². The average molecular weight is 216 g/mol. The van der Waals surface area contributed by atoms with Crippen molar-refractivity contribution in [2.24, 2.45) is 4.99 Å². The Kier molecular flexibility index (Phi) is 3.25. The van der Waals surface area contributed by atoms with E-state index in [1.54, 1.807) is 0 Å². The van der Waals surface area contributed by atoms with Gasteiger partial charge in [0.15, 0.2) is 6.73 Å². The van der Waals surface area contributed by atoms with Crippen LogP contribution < -0.4 is 0 Å². The van der Waals surface area contributed by atoms with Crippen molar-refractivity contribution >= 4 is 6.34 Å². The molecule has 0 fully saturated rings. The molecular weight excluding hydrogens is 200 g/mol. The van der Waals surface area contributed by atoms with Crippen LogP contribution in [-0.4, -0.2) is 18.0 Å². The predicted octanol–water partition coefficient (Wildman–Crippen LogP) is 2.46. The highest BCUT2D eigenvalue weighted by atomic mass is 16.5. The summed E-state index contributed by atoms with van der Waals surface area (Å²) in [6.07, 6.45) is 3.25. The molecule has 3 heteroatoms. The Morgan fingerprint density at radius 1 is 1.50 bits per heavy atom. The summed E-state index contributed by atoms with van der Waals surface area (Å²) in [5, 5.41) is 0. The second kappa shape index (κ2) is 4.84. The average Bonchev–Trinajstić information content (AvgIpc) is 2.69. The van der Waals surface area contributed by atoms with Crippen LogP contribution in [0.5, 0.6) is 0 Å². The van der Waals surface area contributed by atoms with Crippen molar-refractivity contribution in [1.82, 2.24) is 4.90 Å². The van der Waals surface area contributed by atoms with Crippen LogP contribution in [0.25, 0.3) is 0 Å². The molecule has 0 N–H and O–H groups in total. The van der Waals surface area contributed by atoms with Crippen LogP contribution >= 0.6 is 0 Å². The van der Waals surface area contributed by atoms with Gasteiger partial charge in [-0.3, -0.25) is 0 Å². The molecule has 0 spiro atoms. The number of benzene rings is 1. The van der Waals surface area contributed by atoms with Gasteiger partial charge in [0.1, 0.15) is 0 Å². The van der Waals surface area contributed by atoms with E-state index < -0.39 is 0 Å². The molecule has 0 aliphatic carbocycles. The van der Waals surface area contributed by atoms with E-state index in [9.17, 15) is 0 Å². The molecule has 2 rings (SSSR count). The van der Waals surface area contributed by atoms with Crippen molar-refractivity contribution in [3.8, 4) is 0 Å². The smallest absolute Gasteiger partial charge is 0.179 e. The van der Waals surface area contributed by atoms with Gasteiger partial charge in [-0.2, -0.15) is 0 Å². The maximum atomic E-state index is 4.93. The SMILES string of the molecule is C=COCN=CN1Cc2cccc(C)c2C1. The van der Waals surface area contributed by atoms with Gasteiger partial charge in [0.25, 0.3) is 0 Å². The summed E-state index contributed by atoms with van der Waals surface area (Å²) < 4.78 is 4.93. The molecule has 0 aromatic heterocycles. The van der Waals surface area contributed by atoms with Gasteiger partial charge >= 0.3 is 0 Å². The molecule has 0 unspecified atom stereocenters. The molecule has 1 aliphatic rings. The molecule has 1 aromatic rings. The van der Waals surface area contributed by atoms with Gasteiger partial charge in [0, 0.05) is 13.1 Å². The number of aliphatic imine (C=N–C) groups is 1. The van der Waals surface area contributed by atoms with Crippen molar-refractivity contribution in [3.63, 3.8) is 0 Å². The number of nitrogens with zero attached hydrogens (tertiary/aromatic N) is 2. The van der Waals surface area contributed by atoms with Crippen LogP contribution in [0.3, 0.4) is 0 Å². The molecule has 0 amide bonds. The first-order chi connectivity index (χ1) is 7.81. The zero-order valence-corrected chi connectivity index (χ0v) is 9.52. The van der Waals surface area contributed by atoms with E-state index in [4.69, 9.17) is 4.74 Å². The summed E-state index contributed by atoms with van der Waals surface area (Å²) in [5.41, 5.74) is 4.19. The van der Waals surface area contributed by atoms with Crippen LogP contribution in [0.1, 0.15) is 16.7 Å². The van der Waals surface area contributed by atoms with Gasteiger partial charge < -0.3 is 9.64 Å². The molecule has 1 aliphatic heterocycles. The summed E-state index contributed by atoms with van der Waals surface area (Å²) in [6.45, 7) is 7.84. The van der Waals surface area contributed by atoms with Gasteiger partial charge in [-0.15, -0.1) is 0 Å². The maximum absolute atomic E-state index is 4.93. The third-order valence-corrected chi connectivity index (χ3v) is 2.75. The van der Waals surface area contributed by atoms with Crippen LogP contribution in [0.4, 0.5) is 0 Å². The van der Waals surface area contributed by atoms with Crippen LogP contribution in [0.15, 0.2) is 36.0 Å². The Hall–Kier alpha value is -1.77. The van der Waals surface area contributed by atoms with Crippen molar-refractivity contribution in [1.29, 1.82) is 0 Å². The molecule has 0 atom stereocenters. The van der Waals surface area contributed by atoms with Gasteiger partial charge in [-0.05, 0) is 23.6 Å². The monoisotopic (exact) mass is 216 g/mol. The molecule has 1 heterocycles. The number of fused-ring (bicyclic) bond motifs is 1. The van der Waals surface area contributed by atoms with Crippen LogP contribution in [0, 0.1) is 6.92 Å². The molecule has 0 bridgehead atoms. The number of rotatable bonds is 4. The Balaban J connectivity index is 1.98. The molecule has 0 saturated carbocycles. The minimum absolute atomic E-state index is 0.343. The van der Waals surface area contributed by atoms with Gasteiger partial charge in [0.05, 0.1) is 12.6 Å². The van der Waals surface area contributed by atoms with E-state index >= 15 is 0 Å². The zero-order valence-electron chi connectivity index (χ0n) is 9.52. The first-order valence-corrected chi connectivity index (χ1v) is 5.35. The van der Waals surface area contributed by atoms with Crippen molar-refractivity contribution in [3.05, 3.63) is 47.7 Å². The molecule has 3 nitrogen and oxygen atoms in total. The minimum Gasteiger partial charge on any atom is -0.480 e. The van der Waals surface area contributed by atoms with Crippen LogP contribution in [0.2, 0.25) is 0 Å². The first-order valence-electron chi connectivity index (χ1n) is 5.35. The lowest BCUT2D eigenvalue weighted by atomic mass is 10.1. The Morgan fingerprint density at radius 2 is 2.38 bits per heavy atom. The lowest BCUT2D eigenvalue weighted by Crippen LogP contribution is -2.13. The summed E-state index contributed by atoms with van der Waals surface area (Å²) in [6, 6.07) is 6.44. The predicted molar refractivity (Wildman–Crippen MR) is 65.1 cm³/mol. The van der Waals surface area contributed by atoms with Crippen LogP contribution in [-0.2, 0) is 17.8 Å². The molecular formula is C13H16N2O. The molecule has 1 aromatic carbocycles. The van der Waals surface area contributed by atoms with E-state index in [0.29, 0.717) is 6.73 Å². The highest BCUT2D eigenvalue weighted by Crippen LogP contribution is 2.24. The largest absolute Gasteiger partial charge is 0.480 e. The fraction of sp³-hybridized carbons (Fsp3) is 0.308. The highest BCUT2D eigenvalue weighted by molar-refractivity contribution is 5.57. The lowest BCUT2D eigenvalue weighted by Gasteiger charge is -2.09. The Bertz CT molecular complexity index is 412. The Labute approximate surface area is 96.1 Å². The van der Waals surface area contributed by atoms with E-state index in [2.05, 4.69) is 41.6 Å². The van der Waals surface area contributed by atoms with Crippen molar-refractivity contribution in [2.75, 3.05) is 6.73 Å². The normalized spacial score (nSPS) is 14.2. The fourth-order valence-electron chi connectivity index (χ4n) is 1.94. The second-order valence-corrected chi connectivity index (χ2v) is 3.88. The van der Waals surface area contributed by atoms with Gasteiger partial charge in [-0.1, -0.05) is 24.8 Å². The lowest BCUT2D eigenvalue weighted by molar-refractivity contribution is 0.261. The van der Waals surface area contributed by atoms with Gasteiger partial charge in [0.2, 0.25) is 0 Å². The summed E-state index contributed by atoms with van der Waals surface area (Å²) in [4.78, 5) is 6.35. The molecule has 0 saturated heterocycles. The third-order valence-electron chi connectivity index (χ3n) is 2.75. The van der Waals surface area contributed by atoms with Gasteiger partial charge in [-0.25, -0.2) is 4.99 Å². The number of hydrogen-bond acceptors (Lipinski definition) is 2. The van der Waals surface area contributed by atoms with E-state index in [-0.39, 0.29) is 0 Å². The summed E-state index contributed by atoms with van der Waals surface area (Å²) in [7, 11) is 0. The second-order valence-electron chi connectivity index (χ2n) is 3.88. The zero-order chi connectivity index (χ0) is 11.4. The van der Waals surface area contributed by atoms with Crippen molar-refractivity contribution < 1.29 is 4.74 Å². The number of ether oxygens (including phenoxy) is 1. The molecule has 0 radical (unpaired) electrons. The summed E-state index contributed by atoms with van der Waals surface area (Å²) in [5.74, 6) is 0. The maximum Gasteiger partial charge on any atom is 0.179 e. The third kappa shape index (κ3) is 2.24. The number of hydrogen-bond donors (Lipinski definition) is 0. The first kappa shape index (κ1) is 10.7. The fourth-order valence-corrected chi connectivity index (χ4v) is 1.94. The topological polar surface area (TPSA) is 24.8 Å². The van der Waals surface area contributed by atoms with Crippen molar-refractivity contribution in [2.45, 2.75) is 20.0 Å². The van der Waals surface area contributed by atoms with E-state index in [0.717, 1.165) is 13.1 Å². The quantitative estimate of drug-likeness (QED) is 0.334.